The number of nitrogen functional groups attached to an aromatic ring is 1. The summed E-state index contributed by atoms with van der Waals surface area (Å²) < 4.78 is 31.2. The Bertz CT molecular complexity index is 1600. The predicted molar refractivity (Wildman–Crippen MR) is 144 cm³/mol. The maximum Gasteiger partial charge on any atom is 0.148 e. The van der Waals surface area contributed by atoms with Gasteiger partial charge in [0.1, 0.15) is 22.9 Å². The number of hydrogen-bond acceptors (Lipinski definition) is 2. The molecular weight excluding hydrogens is 464 g/mol. The Hall–Kier alpha value is -4.77. The molecule has 37 heavy (non-hydrogen) atoms. The summed E-state index contributed by atoms with van der Waals surface area (Å²) in [4.78, 5) is 0. The van der Waals surface area contributed by atoms with Crippen molar-refractivity contribution in [2.45, 2.75) is 5.54 Å². The first kappa shape index (κ1) is 22.7. The number of rotatable bonds is 5. The lowest BCUT2D eigenvalue weighted by molar-refractivity contribution is 0.476. The Morgan fingerprint density at radius 3 is 1.68 bits per heavy atom. The minimum Gasteiger partial charge on any atom is -0.396 e. The van der Waals surface area contributed by atoms with Gasteiger partial charge in [0.25, 0.3) is 0 Å². The van der Waals surface area contributed by atoms with Crippen molar-refractivity contribution >= 4 is 16.6 Å². The highest BCUT2D eigenvalue weighted by Gasteiger charge is 2.41. The lowest BCUT2D eigenvalue weighted by Crippen LogP contribution is -2.38. The van der Waals surface area contributed by atoms with E-state index >= 15 is 4.39 Å². The van der Waals surface area contributed by atoms with Crippen LogP contribution < -0.4 is 5.73 Å². The van der Waals surface area contributed by atoms with Crippen LogP contribution in [0, 0.1) is 11.6 Å². The molecular formula is C32H23F2N3. The van der Waals surface area contributed by atoms with Gasteiger partial charge in [0.15, 0.2) is 0 Å². The van der Waals surface area contributed by atoms with Crippen molar-refractivity contribution in [1.29, 1.82) is 0 Å². The van der Waals surface area contributed by atoms with E-state index in [4.69, 9.17) is 10.8 Å². The summed E-state index contributed by atoms with van der Waals surface area (Å²) in [6, 6.07) is 39.3. The number of hydrogen-bond donors (Lipinski definition) is 1. The van der Waals surface area contributed by atoms with Gasteiger partial charge in [-0.25, -0.2) is 13.5 Å². The monoisotopic (exact) mass is 487 g/mol. The zero-order valence-electron chi connectivity index (χ0n) is 19.9. The highest BCUT2D eigenvalue weighted by atomic mass is 19.1. The summed E-state index contributed by atoms with van der Waals surface area (Å²) in [5.41, 5.74) is 9.55. The Morgan fingerprint density at radius 1 is 0.622 bits per heavy atom. The van der Waals surface area contributed by atoms with Crippen LogP contribution in [0.3, 0.4) is 0 Å². The molecule has 1 aromatic heterocycles. The quantitative estimate of drug-likeness (QED) is 0.203. The minimum atomic E-state index is -0.962. The standard InChI is InChI=1S/C32H23F2N3/c33-26-18-10-11-22(19-26)31-27-20-29(35)28(34)21-30(27)37(36-31)32(23-12-4-1-5-13-23,24-14-6-2-7-15-24)25-16-8-3-9-17-25/h1-21H,35H2. The van der Waals surface area contributed by atoms with Gasteiger partial charge in [-0.15, -0.1) is 0 Å². The topological polar surface area (TPSA) is 43.8 Å². The molecule has 0 atom stereocenters. The third kappa shape index (κ3) is 3.67. The molecule has 5 aromatic carbocycles. The molecule has 2 N–H and O–H groups in total. The van der Waals surface area contributed by atoms with Gasteiger partial charge in [-0.05, 0) is 34.9 Å². The highest BCUT2D eigenvalue weighted by molar-refractivity contribution is 5.96. The Morgan fingerprint density at radius 2 is 1.16 bits per heavy atom. The lowest BCUT2D eigenvalue weighted by Gasteiger charge is -2.37. The SMILES string of the molecule is Nc1cc2c(-c3cccc(F)c3)nn(C(c3ccccc3)(c3ccccc3)c3ccccc3)c2cc1F. The van der Waals surface area contributed by atoms with Gasteiger partial charge in [0, 0.05) is 17.0 Å². The Balaban J connectivity index is 1.82. The molecule has 0 radical (unpaired) electrons. The zero-order chi connectivity index (χ0) is 25.4. The first-order valence-electron chi connectivity index (χ1n) is 12.0. The third-order valence-corrected chi connectivity index (χ3v) is 6.79. The van der Waals surface area contributed by atoms with Crippen molar-refractivity contribution in [2.24, 2.45) is 0 Å². The number of benzene rings is 5. The molecule has 0 aliphatic rings. The second-order valence-electron chi connectivity index (χ2n) is 8.97. The normalized spacial score (nSPS) is 11.6. The van der Waals surface area contributed by atoms with Crippen molar-refractivity contribution in [1.82, 2.24) is 9.78 Å². The van der Waals surface area contributed by atoms with Crippen LogP contribution >= 0.6 is 0 Å². The van der Waals surface area contributed by atoms with E-state index < -0.39 is 11.4 Å². The maximum absolute atomic E-state index is 15.1. The van der Waals surface area contributed by atoms with Crippen LogP contribution in [0.4, 0.5) is 14.5 Å². The van der Waals surface area contributed by atoms with Crippen molar-refractivity contribution in [3.05, 3.63) is 156 Å². The smallest absolute Gasteiger partial charge is 0.148 e. The molecule has 0 unspecified atom stereocenters. The average Bonchev–Trinajstić information content (AvgIpc) is 3.29. The number of nitrogens with two attached hydrogens (primary N) is 1. The number of anilines is 1. The maximum atomic E-state index is 15.1. The lowest BCUT2D eigenvalue weighted by atomic mass is 9.77. The van der Waals surface area contributed by atoms with Crippen LogP contribution in [0.1, 0.15) is 16.7 Å². The molecule has 5 heteroatoms. The van der Waals surface area contributed by atoms with Crippen LogP contribution in [-0.2, 0) is 5.54 Å². The molecule has 3 nitrogen and oxygen atoms in total. The van der Waals surface area contributed by atoms with Crippen LogP contribution in [0.2, 0.25) is 0 Å². The summed E-state index contributed by atoms with van der Waals surface area (Å²) in [5.74, 6) is -0.918. The van der Waals surface area contributed by atoms with E-state index in [0.717, 1.165) is 16.7 Å². The number of nitrogens with zero attached hydrogens (tertiary/aromatic N) is 2. The van der Waals surface area contributed by atoms with Crippen LogP contribution in [0.5, 0.6) is 0 Å². The highest BCUT2D eigenvalue weighted by Crippen LogP contribution is 2.44. The molecule has 6 rings (SSSR count). The van der Waals surface area contributed by atoms with E-state index in [9.17, 15) is 4.39 Å². The van der Waals surface area contributed by atoms with Crippen LogP contribution in [0.25, 0.3) is 22.2 Å². The second-order valence-corrected chi connectivity index (χ2v) is 8.97. The molecule has 180 valence electrons. The second kappa shape index (κ2) is 9.03. The molecule has 6 aromatic rings. The summed E-state index contributed by atoms with van der Waals surface area (Å²) >= 11 is 0. The molecule has 0 saturated heterocycles. The fourth-order valence-corrected chi connectivity index (χ4v) is 5.16. The van der Waals surface area contributed by atoms with Crippen molar-refractivity contribution < 1.29 is 8.78 Å². The van der Waals surface area contributed by atoms with E-state index in [0.29, 0.717) is 22.2 Å². The number of fused-ring (bicyclic) bond motifs is 1. The molecule has 0 saturated carbocycles. The van der Waals surface area contributed by atoms with Gasteiger partial charge in [0.05, 0.1) is 11.2 Å². The predicted octanol–water partition coefficient (Wildman–Crippen LogP) is 7.40. The summed E-state index contributed by atoms with van der Waals surface area (Å²) in [7, 11) is 0. The molecule has 0 fully saturated rings. The van der Waals surface area contributed by atoms with E-state index in [1.165, 1.54) is 18.2 Å². The fourth-order valence-electron chi connectivity index (χ4n) is 5.16. The van der Waals surface area contributed by atoms with Crippen molar-refractivity contribution in [2.75, 3.05) is 5.73 Å². The third-order valence-electron chi connectivity index (χ3n) is 6.79. The number of aromatic nitrogens is 2. The molecule has 0 spiro atoms. The van der Waals surface area contributed by atoms with E-state index in [2.05, 4.69) is 0 Å². The molecule has 0 bridgehead atoms. The van der Waals surface area contributed by atoms with E-state index in [1.54, 1.807) is 18.2 Å². The summed E-state index contributed by atoms with van der Waals surface area (Å²) in [6.45, 7) is 0. The van der Waals surface area contributed by atoms with Gasteiger partial charge in [-0.3, -0.25) is 0 Å². The van der Waals surface area contributed by atoms with E-state index in [1.807, 2.05) is 95.7 Å². The van der Waals surface area contributed by atoms with Gasteiger partial charge >= 0.3 is 0 Å². The summed E-state index contributed by atoms with van der Waals surface area (Å²) in [5, 5.41) is 5.75. The van der Waals surface area contributed by atoms with Crippen molar-refractivity contribution in [3.63, 3.8) is 0 Å². The molecule has 0 aliphatic carbocycles. The van der Waals surface area contributed by atoms with Crippen molar-refractivity contribution in [3.8, 4) is 11.3 Å². The first-order valence-corrected chi connectivity index (χ1v) is 12.0. The Labute approximate surface area is 213 Å². The molecule has 0 amide bonds. The fraction of sp³-hybridized carbons (Fsp3) is 0.0312. The zero-order valence-corrected chi connectivity index (χ0v) is 19.9. The number of halogens is 2. The van der Waals surface area contributed by atoms with Gasteiger partial charge in [-0.1, -0.05) is 103 Å². The molecule has 1 heterocycles. The average molecular weight is 488 g/mol. The largest absolute Gasteiger partial charge is 0.396 e. The Kier molecular flexibility index (Phi) is 5.53. The minimum absolute atomic E-state index is 0.00874. The summed E-state index contributed by atoms with van der Waals surface area (Å²) in [6.07, 6.45) is 0. The van der Waals surface area contributed by atoms with Crippen LogP contribution in [0.15, 0.2) is 127 Å². The van der Waals surface area contributed by atoms with Crippen LogP contribution in [-0.4, -0.2) is 9.78 Å². The van der Waals surface area contributed by atoms with Gasteiger partial charge in [0.2, 0.25) is 0 Å². The van der Waals surface area contributed by atoms with Gasteiger partial charge in [-0.2, -0.15) is 5.10 Å². The first-order chi connectivity index (χ1) is 18.1. The van der Waals surface area contributed by atoms with E-state index in [-0.39, 0.29) is 11.5 Å². The van der Waals surface area contributed by atoms with Gasteiger partial charge < -0.3 is 5.73 Å². The molecule has 0 aliphatic heterocycles.